The molecule has 0 unspecified atom stereocenters. The Hall–Kier alpha value is -2.21. The number of carbonyl (C=O) groups is 1. The molecule has 0 aliphatic rings. The molecule has 1 heterocycles. The Balaban J connectivity index is 2.50. The van der Waals surface area contributed by atoms with Crippen molar-refractivity contribution in [1.29, 1.82) is 0 Å². The molecule has 3 N–H and O–H groups in total. The molecule has 0 aliphatic heterocycles. The molecule has 0 spiro atoms. The molecule has 2 rings (SSSR count). The molecule has 0 bridgehead atoms. The quantitative estimate of drug-likeness (QED) is 0.793. The van der Waals surface area contributed by atoms with Gasteiger partial charge in [0.05, 0.1) is 17.8 Å². The van der Waals surface area contributed by atoms with Crippen molar-refractivity contribution >= 4 is 17.6 Å². The summed E-state index contributed by atoms with van der Waals surface area (Å²) in [7, 11) is 1.40. The van der Waals surface area contributed by atoms with Gasteiger partial charge in [0.1, 0.15) is 5.69 Å². The fraction of sp³-hybridized carbons (Fsp3) is 0.0909. The fourth-order valence-corrected chi connectivity index (χ4v) is 1.72. The molecule has 0 atom stereocenters. The number of nitrogens with one attached hydrogen (secondary N) is 1. The van der Waals surface area contributed by atoms with Crippen molar-refractivity contribution in [1.82, 2.24) is 10.2 Å². The molecule has 6 nitrogen and oxygen atoms in total. The lowest BCUT2D eigenvalue weighted by Gasteiger charge is -2.06. The van der Waals surface area contributed by atoms with E-state index in [4.69, 9.17) is 21.4 Å². The van der Waals surface area contributed by atoms with Crippen molar-refractivity contribution in [3.63, 3.8) is 0 Å². The Bertz CT molecular complexity index is 609. The van der Waals surface area contributed by atoms with Gasteiger partial charge in [0.25, 0.3) is 0 Å². The normalized spacial score (nSPS) is 10.3. The summed E-state index contributed by atoms with van der Waals surface area (Å²) in [5.41, 5.74) is 0.686. The molecule has 0 radical (unpaired) electrons. The van der Waals surface area contributed by atoms with Crippen LogP contribution < -0.4 is 4.74 Å². The van der Waals surface area contributed by atoms with Crippen LogP contribution in [0, 0.1) is 0 Å². The highest BCUT2D eigenvalue weighted by atomic mass is 35.5. The molecule has 1 aromatic heterocycles. The zero-order valence-corrected chi connectivity index (χ0v) is 10.0. The Labute approximate surface area is 107 Å². The molecular weight excluding hydrogens is 260 g/mol. The molecule has 0 aliphatic carbocycles. The number of aromatic amines is 1. The standard InChI is InChI=1S/C11H9ClN2O4/c1-18-10-3-6(12)5(2-9(10)15)7-4-8(11(16)17)14-13-7/h2-4,15H,1H3,(H,13,14)(H,16,17). The van der Waals surface area contributed by atoms with E-state index in [1.807, 2.05) is 0 Å². The lowest BCUT2D eigenvalue weighted by atomic mass is 10.1. The van der Waals surface area contributed by atoms with Crippen LogP contribution in [-0.4, -0.2) is 33.5 Å². The van der Waals surface area contributed by atoms with E-state index in [0.29, 0.717) is 16.3 Å². The Morgan fingerprint density at radius 3 is 2.72 bits per heavy atom. The van der Waals surface area contributed by atoms with Gasteiger partial charge in [0.2, 0.25) is 0 Å². The number of phenols is 1. The highest BCUT2D eigenvalue weighted by Gasteiger charge is 2.14. The van der Waals surface area contributed by atoms with Gasteiger partial charge in [-0.05, 0) is 12.1 Å². The van der Waals surface area contributed by atoms with Crippen LogP contribution >= 0.6 is 11.6 Å². The number of phenolic OH excluding ortho intramolecular Hbond substituents is 1. The zero-order chi connectivity index (χ0) is 13.3. The van der Waals surface area contributed by atoms with E-state index in [0.717, 1.165) is 0 Å². The first-order valence-electron chi connectivity index (χ1n) is 4.88. The number of aromatic carboxylic acids is 1. The van der Waals surface area contributed by atoms with E-state index >= 15 is 0 Å². The SMILES string of the molecule is COc1cc(Cl)c(-c2cc(C(=O)O)[nH]n2)cc1O. The van der Waals surface area contributed by atoms with E-state index in [9.17, 15) is 9.90 Å². The monoisotopic (exact) mass is 268 g/mol. The molecule has 1 aromatic carbocycles. The number of carboxylic acids is 1. The van der Waals surface area contributed by atoms with Crippen LogP contribution in [0.15, 0.2) is 18.2 Å². The predicted molar refractivity (Wildman–Crippen MR) is 64.2 cm³/mol. The summed E-state index contributed by atoms with van der Waals surface area (Å²) in [6.45, 7) is 0. The van der Waals surface area contributed by atoms with Gasteiger partial charge >= 0.3 is 5.97 Å². The summed E-state index contributed by atoms with van der Waals surface area (Å²) in [6, 6.07) is 4.12. The Morgan fingerprint density at radius 2 is 2.17 bits per heavy atom. The first-order valence-corrected chi connectivity index (χ1v) is 5.26. The second-order valence-electron chi connectivity index (χ2n) is 3.48. The number of hydrogen-bond donors (Lipinski definition) is 3. The number of hydrogen-bond acceptors (Lipinski definition) is 4. The molecule has 2 aromatic rings. The number of aromatic nitrogens is 2. The van der Waals surface area contributed by atoms with Crippen molar-refractivity contribution in [2.45, 2.75) is 0 Å². The Morgan fingerprint density at radius 1 is 1.44 bits per heavy atom. The summed E-state index contributed by atoms with van der Waals surface area (Å²) >= 11 is 6.01. The number of halogens is 1. The third-order valence-corrected chi connectivity index (χ3v) is 2.67. The lowest BCUT2D eigenvalue weighted by Crippen LogP contribution is -1.95. The highest BCUT2D eigenvalue weighted by molar-refractivity contribution is 6.33. The van der Waals surface area contributed by atoms with Gasteiger partial charge in [-0.15, -0.1) is 0 Å². The molecule has 0 saturated carbocycles. The van der Waals surface area contributed by atoms with Crippen LogP contribution in [0.4, 0.5) is 0 Å². The van der Waals surface area contributed by atoms with Gasteiger partial charge < -0.3 is 14.9 Å². The molecule has 18 heavy (non-hydrogen) atoms. The number of ether oxygens (including phenoxy) is 1. The van der Waals surface area contributed by atoms with Gasteiger partial charge in [-0.1, -0.05) is 11.6 Å². The average Bonchev–Trinajstić information content (AvgIpc) is 2.81. The maximum absolute atomic E-state index is 10.7. The van der Waals surface area contributed by atoms with Crippen LogP contribution in [0.1, 0.15) is 10.5 Å². The van der Waals surface area contributed by atoms with Crippen LogP contribution in [-0.2, 0) is 0 Å². The predicted octanol–water partition coefficient (Wildman–Crippen LogP) is 2.14. The topological polar surface area (TPSA) is 95.4 Å². The second kappa shape index (κ2) is 4.58. The molecule has 0 amide bonds. The molecule has 94 valence electrons. The first-order chi connectivity index (χ1) is 8.52. The maximum atomic E-state index is 10.7. The first kappa shape index (κ1) is 12.3. The maximum Gasteiger partial charge on any atom is 0.353 e. The van der Waals surface area contributed by atoms with Crippen LogP contribution in [0.2, 0.25) is 5.02 Å². The summed E-state index contributed by atoms with van der Waals surface area (Å²) in [4.78, 5) is 10.7. The number of rotatable bonds is 3. The Kier molecular flexibility index (Phi) is 3.12. The smallest absolute Gasteiger partial charge is 0.353 e. The number of aromatic hydroxyl groups is 1. The molecule has 7 heteroatoms. The van der Waals surface area contributed by atoms with Crippen LogP contribution in [0.5, 0.6) is 11.5 Å². The van der Waals surface area contributed by atoms with Crippen LogP contribution in [0.3, 0.4) is 0 Å². The largest absolute Gasteiger partial charge is 0.504 e. The van der Waals surface area contributed by atoms with Gasteiger partial charge in [-0.25, -0.2) is 4.79 Å². The van der Waals surface area contributed by atoms with Gasteiger partial charge in [-0.2, -0.15) is 5.10 Å². The minimum atomic E-state index is -1.12. The number of methoxy groups -OCH3 is 1. The van der Waals surface area contributed by atoms with Gasteiger partial charge in [-0.3, -0.25) is 5.10 Å². The van der Waals surface area contributed by atoms with Crippen molar-refractivity contribution in [3.8, 4) is 22.8 Å². The number of H-pyrrole nitrogens is 1. The minimum absolute atomic E-state index is 0.0589. The fourth-order valence-electron chi connectivity index (χ4n) is 1.47. The van der Waals surface area contributed by atoms with E-state index in [1.54, 1.807) is 0 Å². The van der Waals surface area contributed by atoms with Gasteiger partial charge in [0, 0.05) is 11.6 Å². The van der Waals surface area contributed by atoms with Crippen molar-refractivity contribution in [2.75, 3.05) is 7.11 Å². The number of benzene rings is 1. The summed E-state index contributed by atoms with van der Waals surface area (Å²) in [5, 5.41) is 24.9. The summed E-state index contributed by atoms with van der Waals surface area (Å²) in [6.07, 6.45) is 0. The average molecular weight is 269 g/mol. The second-order valence-corrected chi connectivity index (χ2v) is 3.88. The molecule has 0 fully saturated rings. The summed E-state index contributed by atoms with van der Waals surface area (Å²) < 4.78 is 4.90. The minimum Gasteiger partial charge on any atom is -0.504 e. The third-order valence-electron chi connectivity index (χ3n) is 2.35. The van der Waals surface area contributed by atoms with Gasteiger partial charge in [0.15, 0.2) is 11.5 Å². The molecular formula is C11H9ClN2O4. The van der Waals surface area contributed by atoms with Crippen molar-refractivity contribution in [3.05, 3.63) is 28.9 Å². The van der Waals surface area contributed by atoms with E-state index in [2.05, 4.69) is 10.2 Å². The van der Waals surface area contributed by atoms with Crippen molar-refractivity contribution in [2.24, 2.45) is 0 Å². The van der Waals surface area contributed by atoms with E-state index in [-0.39, 0.29) is 17.2 Å². The summed E-state index contributed by atoms with van der Waals surface area (Å²) in [5.74, 6) is -0.989. The lowest BCUT2D eigenvalue weighted by molar-refractivity contribution is 0.0690. The molecule has 0 saturated heterocycles. The zero-order valence-electron chi connectivity index (χ0n) is 9.27. The van der Waals surface area contributed by atoms with Crippen molar-refractivity contribution < 1.29 is 19.7 Å². The third kappa shape index (κ3) is 2.10. The van der Waals surface area contributed by atoms with Crippen LogP contribution in [0.25, 0.3) is 11.3 Å². The number of nitrogens with zero attached hydrogens (tertiary/aromatic N) is 1. The van der Waals surface area contributed by atoms with E-state index in [1.165, 1.54) is 25.3 Å². The van der Waals surface area contributed by atoms with E-state index < -0.39 is 5.97 Å². The highest BCUT2D eigenvalue weighted by Crippen LogP contribution is 2.37. The number of carboxylic acid groups (broad SMARTS) is 1.